The lowest BCUT2D eigenvalue weighted by Gasteiger charge is -2.35. The molecular formula is C24H24N6O2. The molecule has 2 aromatic carbocycles. The van der Waals surface area contributed by atoms with Crippen molar-refractivity contribution in [3.05, 3.63) is 65.9 Å². The van der Waals surface area contributed by atoms with Crippen LogP contribution in [0.15, 0.2) is 54.6 Å². The molecule has 2 N–H and O–H groups in total. The molecule has 162 valence electrons. The molecule has 1 aliphatic heterocycles. The standard InChI is InChI=1S/C24H24N6O2/c1-16(31)29-10-12-30(13-11-29)19-8-6-17(7-9-19)23(32)15-18-14-22(28-27-18)24-25-20-4-2-3-5-21(20)26-24/h2-9,14H,10-13,15H2,1H3,(H,25,26)(H,27,28). The molecule has 0 aliphatic carbocycles. The van der Waals surface area contributed by atoms with Crippen LogP contribution in [0.25, 0.3) is 22.6 Å². The number of Topliss-reactive ketones (excluding diaryl/α,β-unsaturated/α-hetero) is 1. The topological polar surface area (TPSA) is 98.0 Å². The van der Waals surface area contributed by atoms with E-state index in [4.69, 9.17) is 0 Å². The van der Waals surface area contributed by atoms with Crippen molar-refractivity contribution in [3.8, 4) is 11.5 Å². The smallest absolute Gasteiger partial charge is 0.219 e. The Balaban J connectivity index is 1.23. The Morgan fingerprint density at radius 2 is 1.75 bits per heavy atom. The fourth-order valence-corrected chi connectivity index (χ4v) is 4.06. The minimum Gasteiger partial charge on any atom is -0.368 e. The van der Waals surface area contributed by atoms with Gasteiger partial charge in [0.15, 0.2) is 11.6 Å². The van der Waals surface area contributed by atoms with E-state index in [0.29, 0.717) is 17.1 Å². The van der Waals surface area contributed by atoms with E-state index >= 15 is 0 Å². The highest BCUT2D eigenvalue weighted by Crippen LogP contribution is 2.21. The maximum Gasteiger partial charge on any atom is 0.219 e. The van der Waals surface area contributed by atoms with Crippen molar-refractivity contribution in [1.29, 1.82) is 0 Å². The van der Waals surface area contributed by atoms with Crippen LogP contribution in [0.3, 0.4) is 0 Å². The number of H-pyrrole nitrogens is 2. The third kappa shape index (κ3) is 3.99. The van der Waals surface area contributed by atoms with Crippen LogP contribution < -0.4 is 4.90 Å². The summed E-state index contributed by atoms with van der Waals surface area (Å²) in [5.41, 5.74) is 4.99. The first-order valence-corrected chi connectivity index (χ1v) is 10.7. The fraction of sp³-hybridized carbons (Fsp3) is 0.250. The minimum atomic E-state index is 0.0257. The van der Waals surface area contributed by atoms with E-state index in [0.717, 1.165) is 48.6 Å². The highest BCUT2D eigenvalue weighted by molar-refractivity contribution is 5.97. The number of benzene rings is 2. The number of rotatable bonds is 5. The summed E-state index contributed by atoms with van der Waals surface area (Å²) in [7, 11) is 0. The molecule has 1 aliphatic rings. The number of anilines is 1. The number of carbonyl (C=O) groups is 2. The number of aromatic nitrogens is 4. The summed E-state index contributed by atoms with van der Waals surface area (Å²) in [6, 6.07) is 17.4. The van der Waals surface area contributed by atoms with Gasteiger partial charge in [0, 0.05) is 50.0 Å². The van der Waals surface area contributed by atoms with Crippen LogP contribution in [-0.2, 0) is 11.2 Å². The van der Waals surface area contributed by atoms with Gasteiger partial charge in [0.2, 0.25) is 5.91 Å². The van der Waals surface area contributed by atoms with Gasteiger partial charge in [0.05, 0.1) is 17.5 Å². The summed E-state index contributed by atoms with van der Waals surface area (Å²) in [5.74, 6) is 0.820. The number of hydrogen-bond donors (Lipinski definition) is 2. The highest BCUT2D eigenvalue weighted by atomic mass is 16.2. The Morgan fingerprint density at radius 3 is 2.47 bits per heavy atom. The first-order chi connectivity index (χ1) is 15.6. The number of nitrogens with one attached hydrogen (secondary N) is 2. The molecule has 5 rings (SSSR count). The quantitative estimate of drug-likeness (QED) is 0.476. The Morgan fingerprint density at radius 1 is 1.00 bits per heavy atom. The number of nitrogens with zero attached hydrogens (tertiary/aromatic N) is 4. The SMILES string of the molecule is CC(=O)N1CCN(c2ccc(C(=O)Cc3cc(-c4nc5ccccc5[nH]4)n[nH]3)cc2)CC1. The Hall–Kier alpha value is -3.94. The van der Waals surface area contributed by atoms with Gasteiger partial charge in [-0.1, -0.05) is 12.1 Å². The molecule has 1 amide bonds. The highest BCUT2D eigenvalue weighted by Gasteiger charge is 2.19. The molecule has 0 saturated carbocycles. The molecule has 8 nitrogen and oxygen atoms in total. The van der Waals surface area contributed by atoms with E-state index in [1.54, 1.807) is 6.92 Å². The zero-order chi connectivity index (χ0) is 22.1. The zero-order valence-corrected chi connectivity index (χ0v) is 17.8. The first kappa shape index (κ1) is 20.0. The number of fused-ring (bicyclic) bond motifs is 1. The van der Waals surface area contributed by atoms with Crippen LogP contribution in [0, 0.1) is 0 Å². The summed E-state index contributed by atoms with van der Waals surface area (Å²) in [6.45, 7) is 4.65. The van der Waals surface area contributed by atoms with Crippen molar-refractivity contribution in [2.45, 2.75) is 13.3 Å². The second-order valence-corrected chi connectivity index (χ2v) is 8.02. The number of carbonyl (C=O) groups excluding carboxylic acids is 2. The van der Waals surface area contributed by atoms with Crippen molar-refractivity contribution in [3.63, 3.8) is 0 Å². The average Bonchev–Trinajstić information content (AvgIpc) is 3.46. The van der Waals surface area contributed by atoms with Crippen molar-refractivity contribution in [2.24, 2.45) is 0 Å². The van der Waals surface area contributed by atoms with Gasteiger partial charge in [-0.3, -0.25) is 14.7 Å². The molecule has 1 fully saturated rings. The predicted octanol–water partition coefficient (Wildman–Crippen LogP) is 3.05. The number of ketones is 1. The molecule has 0 radical (unpaired) electrons. The monoisotopic (exact) mass is 428 g/mol. The molecule has 32 heavy (non-hydrogen) atoms. The van der Waals surface area contributed by atoms with Crippen molar-refractivity contribution in [2.75, 3.05) is 31.1 Å². The molecule has 8 heteroatoms. The van der Waals surface area contributed by atoms with Crippen LogP contribution in [-0.4, -0.2) is 62.9 Å². The van der Waals surface area contributed by atoms with Crippen molar-refractivity contribution in [1.82, 2.24) is 25.1 Å². The van der Waals surface area contributed by atoms with Gasteiger partial charge in [-0.15, -0.1) is 0 Å². The lowest BCUT2D eigenvalue weighted by atomic mass is 10.1. The molecular weight excluding hydrogens is 404 g/mol. The summed E-state index contributed by atoms with van der Waals surface area (Å²) in [5, 5.41) is 7.27. The number of piperazine rings is 1. The summed E-state index contributed by atoms with van der Waals surface area (Å²) < 4.78 is 0. The minimum absolute atomic E-state index is 0.0257. The van der Waals surface area contributed by atoms with Gasteiger partial charge in [-0.25, -0.2) is 4.98 Å². The molecule has 0 atom stereocenters. The van der Waals surface area contributed by atoms with Crippen LogP contribution in [0.2, 0.25) is 0 Å². The maximum atomic E-state index is 12.8. The lowest BCUT2D eigenvalue weighted by Crippen LogP contribution is -2.48. The van der Waals surface area contributed by atoms with E-state index in [-0.39, 0.29) is 18.1 Å². The number of para-hydroxylation sites is 2. The molecule has 3 heterocycles. The van der Waals surface area contributed by atoms with Crippen LogP contribution in [0.4, 0.5) is 5.69 Å². The summed E-state index contributed by atoms with van der Waals surface area (Å²) in [4.78, 5) is 36.2. The largest absolute Gasteiger partial charge is 0.368 e. The number of amides is 1. The zero-order valence-electron chi connectivity index (χ0n) is 17.8. The number of hydrogen-bond acceptors (Lipinski definition) is 5. The molecule has 1 saturated heterocycles. The second-order valence-electron chi connectivity index (χ2n) is 8.02. The van der Waals surface area contributed by atoms with Crippen LogP contribution >= 0.6 is 0 Å². The van der Waals surface area contributed by atoms with Gasteiger partial charge < -0.3 is 14.8 Å². The maximum absolute atomic E-state index is 12.8. The van der Waals surface area contributed by atoms with Crippen molar-refractivity contribution >= 4 is 28.4 Å². The Kier molecular flexibility index (Phi) is 5.18. The summed E-state index contributed by atoms with van der Waals surface area (Å²) >= 11 is 0. The lowest BCUT2D eigenvalue weighted by molar-refractivity contribution is -0.129. The molecule has 4 aromatic rings. The molecule has 2 aromatic heterocycles. The Labute approximate surface area is 185 Å². The first-order valence-electron chi connectivity index (χ1n) is 10.7. The summed E-state index contributed by atoms with van der Waals surface area (Å²) in [6.07, 6.45) is 0.240. The number of imidazole rings is 1. The van der Waals surface area contributed by atoms with E-state index in [1.807, 2.05) is 59.5 Å². The third-order valence-electron chi connectivity index (χ3n) is 5.89. The Bertz CT molecular complexity index is 1230. The van der Waals surface area contributed by atoms with E-state index in [9.17, 15) is 9.59 Å². The normalized spacial score (nSPS) is 14.2. The molecule has 0 unspecified atom stereocenters. The van der Waals surface area contributed by atoms with Gasteiger partial charge in [0.25, 0.3) is 0 Å². The van der Waals surface area contributed by atoms with Gasteiger partial charge in [0.1, 0.15) is 5.69 Å². The van der Waals surface area contributed by atoms with Gasteiger partial charge in [-0.05, 0) is 42.5 Å². The predicted molar refractivity (Wildman–Crippen MR) is 123 cm³/mol. The second kappa shape index (κ2) is 8.30. The molecule has 0 spiro atoms. The van der Waals surface area contributed by atoms with Crippen LogP contribution in [0.1, 0.15) is 23.0 Å². The van der Waals surface area contributed by atoms with Crippen molar-refractivity contribution < 1.29 is 9.59 Å². The average molecular weight is 428 g/mol. The third-order valence-corrected chi connectivity index (χ3v) is 5.89. The van der Waals surface area contributed by atoms with E-state index < -0.39 is 0 Å². The van der Waals surface area contributed by atoms with Gasteiger partial charge in [-0.2, -0.15) is 5.10 Å². The van der Waals surface area contributed by atoms with E-state index in [2.05, 4.69) is 25.1 Å². The molecule has 0 bridgehead atoms. The van der Waals surface area contributed by atoms with Gasteiger partial charge >= 0.3 is 0 Å². The number of aromatic amines is 2. The fourth-order valence-electron chi connectivity index (χ4n) is 4.06. The van der Waals surface area contributed by atoms with Crippen LogP contribution in [0.5, 0.6) is 0 Å². The van der Waals surface area contributed by atoms with E-state index in [1.165, 1.54) is 0 Å².